The molecule has 31 heavy (non-hydrogen) atoms. The van der Waals surface area contributed by atoms with Crippen LogP contribution in [-0.2, 0) is 32.1 Å². The Morgan fingerprint density at radius 3 is 2.35 bits per heavy atom. The molecular weight excluding hydrogens is 394 g/mol. The smallest absolute Gasteiger partial charge is 0.190 e. The van der Waals surface area contributed by atoms with Gasteiger partial charge >= 0.3 is 0 Å². The number of nitrogens with zero attached hydrogens (tertiary/aromatic N) is 1. The van der Waals surface area contributed by atoms with E-state index in [2.05, 4.69) is 17.0 Å². The zero-order valence-corrected chi connectivity index (χ0v) is 18.1. The number of benzene rings is 2. The summed E-state index contributed by atoms with van der Waals surface area (Å²) in [6.45, 7) is 5.82. The molecule has 0 spiro atoms. The molecule has 0 radical (unpaired) electrons. The lowest BCUT2D eigenvalue weighted by Crippen LogP contribution is -2.51. The summed E-state index contributed by atoms with van der Waals surface area (Å²) in [5.41, 5.74) is 2.31. The molecule has 0 amide bonds. The molecule has 0 bridgehead atoms. The molecule has 6 heteroatoms. The van der Waals surface area contributed by atoms with Crippen LogP contribution in [-0.4, -0.2) is 59.1 Å². The van der Waals surface area contributed by atoms with Crippen LogP contribution in [0.15, 0.2) is 60.7 Å². The van der Waals surface area contributed by atoms with Crippen LogP contribution in [0.1, 0.15) is 31.4 Å². The van der Waals surface area contributed by atoms with E-state index in [-0.39, 0.29) is 24.4 Å². The van der Waals surface area contributed by atoms with Crippen molar-refractivity contribution in [2.75, 3.05) is 6.54 Å². The van der Waals surface area contributed by atoms with E-state index in [0.717, 1.165) is 18.7 Å². The molecule has 1 N–H and O–H groups in total. The van der Waals surface area contributed by atoms with Gasteiger partial charge in [-0.15, -0.1) is 0 Å². The zero-order chi connectivity index (χ0) is 21.4. The van der Waals surface area contributed by atoms with Crippen LogP contribution in [0, 0.1) is 0 Å². The largest absolute Gasteiger partial charge is 0.391 e. The van der Waals surface area contributed by atoms with Crippen molar-refractivity contribution in [3.8, 4) is 0 Å². The van der Waals surface area contributed by atoms with E-state index < -0.39 is 18.2 Å². The van der Waals surface area contributed by atoms with Crippen molar-refractivity contribution in [1.82, 2.24) is 4.90 Å². The van der Waals surface area contributed by atoms with Crippen molar-refractivity contribution < 1.29 is 24.1 Å². The van der Waals surface area contributed by atoms with Crippen molar-refractivity contribution in [2.24, 2.45) is 0 Å². The van der Waals surface area contributed by atoms with Gasteiger partial charge in [-0.2, -0.15) is 0 Å². The van der Waals surface area contributed by atoms with Gasteiger partial charge in [0.05, 0.1) is 18.8 Å². The Bertz CT molecular complexity index is 861. The second kappa shape index (κ2) is 8.62. The molecule has 166 valence electrons. The second-order valence-corrected chi connectivity index (χ2v) is 9.13. The van der Waals surface area contributed by atoms with E-state index in [1.54, 1.807) is 0 Å². The van der Waals surface area contributed by atoms with Gasteiger partial charge in [-0.25, -0.2) is 0 Å². The molecule has 0 aromatic heterocycles. The number of rotatable bonds is 6. The summed E-state index contributed by atoms with van der Waals surface area (Å²) >= 11 is 0. The van der Waals surface area contributed by atoms with Gasteiger partial charge in [-0.3, -0.25) is 4.90 Å². The van der Waals surface area contributed by atoms with Crippen molar-refractivity contribution in [3.05, 3.63) is 71.8 Å². The Morgan fingerprint density at radius 1 is 0.968 bits per heavy atom. The molecule has 6 atom stereocenters. The van der Waals surface area contributed by atoms with Crippen LogP contribution >= 0.6 is 0 Å². The number of likely N-dealkylation sites (tertiary alicyclic amines) is 1. The Labute approximate surface area is 183 Å². The Hall–Kier alpha value is -1.80. The molecule has 0 aliphatic carbocycles. The molecule has 0 saturated carbocycles. The summed E-state index contributed by atoms with van der Waals surface area (Å²) in [4.78, 5) is 2.30. The zero-order valence-electron chi connectivity index (χ0n) is 18.1. The van der Waals surface area contributed by atoms with Gasteiger partial charge in [-0.1, -0.05) is 60.7 Å². The van der Waals surface area contributed by atoms with Gasteiger partial charge < -0.3 is 24.1 Å². The summed E-state index contributed by atoms with van der Waals surface area (Å²) in [5, 5.41) is 10.9. The van der Waals surface area contributed by atoms with Gasteiger partial charge in [0.1, 0.15) is 18.3 Å². The second-order valence-electron chi connectivity index (χ2n) is 9.13. The first kappa shape index (κ1) is 21.1. The predicted molar refractivity (Wildman–Crippen MR) is 115 cm³/mol. The fraction of sp³-hybridized carbons (Fsp3) is 0.520. The molecule has 3 heterocycles. The van der Waals surface area contributed by atoms with Gasteiger partial charge in [0.25, 0.3) is 0 Å². The van der Waals surface area contributed by atoms with Gasteiger partial charge in [0.2, 0.25) is 0 Å². The molecule has 0 unspecified atom stereocenters. The summed E-state index contributed by atoms with van der Waals surface area (Å²) in [5.74, 6) is -0.716. The van der Waals surface area contributed by atoms with E-state index in [4.69, 9.17) is 18.9 Å². The highest BCUT2D eigenvalue weighted by Gasteiger charge is 2.59. The fourth-order valence-electron chi connectivity index (χ4n) is 5.03. The fourth-order valence-corrected chi connectivity index (χ4v) is 5.03. The van der Waals surface area contributed by atoms with Gasteiger partial charge in [0, 0.05) is 13.1 Å². The highest BCUT2D eigenvalue weighted by molar-refractivity contribution is 5.16. The van der Waals surface area contributed by atoms with Crippen LogP contribution in [0.3, 0.4) is 0 Å². The minimum atomic E-state index is -0.716. The lowest BCUT2D eigenvalue weighted by Gasteiger charge is -2.35. The molecule has 3 fully saturated rings. The summed E-state index contributed by atoms with van der Waals surface area (Å²) in [6, 6.07) is 20.3. The lowest BCUT2D eigenvalue weighted by molar-refractivity contribution is -0.228. The Balaban J connectivity index is 1.37. The minimum absolute atomic E-state index is 0.179. The SMILES string of the molecule is CC1(C)O[C@H]2O[C@H]([C@@H]3[C@@H](O)CCN3Cc3ccccc3)[C@H](OCc3ccccc3)[C@H]2O1. The van der Waals surface area contributed by atoms with E-state index in [9.17, 15) is 5.11 Å². The Morgan fingerprint density at radius 2 is 1.65 bits per heavy atom. The maximum Gasteiger partial charge on any atom is 0.190 e. The summed E-state index contributed by atoms with van der Waals surface area (Å²) < 4.78 is 25.0. The molecule has 5 rings (SSSR count). The third-order valence-corrected chi connectivity index (χ3v) is 6.41. The monoisotopic (exact) mass is 425 g/mol. The number of fused-ring (bicyclic) bond motifs is 1. The van der Waals surface area contributed by atoms with Crippen molar-refractivity contribution in [1.29, 1.82) is 0 Å². The van der Waals surface area contributed by atoms with Crippen LogP contribution in [0.2, 0.25) is 0 Å². The minimum Gasteiger partial charge on any atom is -0.391 e. The average Bonchev–Trinajstić information content (AvgIpc) is 3.37. The lowest BCUT2D eigenvalue weighted by atomic mass is 9.98. The number of aliphatic hydroxyl groups excluding tert-OH is 1. The number of hydrogen-bond donors (Lipinski definition) is 1. The molecule has 3 aliphatic heterocycles. The van der Waals surface area contributed by atoms with Crippen molar-refractivity contribution in [3.63, 3.8) is 0 Å². The highest BCUT2D eigenvalue weighted by Crippen LogP contribution is 2.42. The van der Waals surface area contributed by atoms with Crippen LogP contribution < -0.4 is 0 Å². The van der Waals surface area contributed by atoms with E-state index in [0.29, 0.717) is 13.0 Å². The third-order valence-electron chi connectivity index (χ3n) is 6.41. The molecule has 2 aromatic rings. The van der Waals surface area contributed by atoms with E-state index in [1.165, 1.54) is 5.56 Å². The highest BCUT2D eigenvalue weighted by atomic mass is 16.8. The van der Waals surface area contributed by atoms with E-state index >= 15 is 0 Å². The van der Waals surface area contributed by atoms with Crippen molar-refractivity contribution >= 4 is 0 Å². The first-order valence-corrected chi connectivity index (χ1v) is 11.1. The average molecular weight is 426 g/mol. The summed E-state index contributed by atoms with van der Waals surface area (Å²) in [7, 11) is 0. The molecule has 6 nitrogen and oxygen atoms in total. The topological polar surface area (TPSA) is 60.4 Å². The number of aliphatic hydroxyl groups is 1. The predicted octanol–water partition coefficient (Wildman–Crippen LogP) is 3.08. The number of hydrogen-bond acceptors (Lipinski definition) is 6. The van der Waals surface area contributed by atoms with E-state index in [1.807, 2.05) is 62.4 Å². The quantitative estimate of drug-likeness (QED) is 0.768. The van der Waals surface area contributed by atoms with Crippen molar-refractivity contribution in [2.45, 2.75) is 76.0 Å². The standard InChI is InChI=1S/C25H31NO5/c1-25(2)30-23-22(28-16-18-11-7-4-8-12-18)21(29-24(23)31-25)20-19(27)13-14-26(20)15-17-9-5-3-6-10-17/h3-12,19-24,27H,13-16H2,1-2H3/t19-,20-,21+,22-,23+,24+/m0/s1. The van der Waals surface area contributed by atoms with Crippen LogP contribution in [0.25, 0.3) is 0 Å². The maximum atomic E-state index is 10.9. The summed E-state index contributed by atoms with van der Waals surface area (Å²) in [6.07, 6.45) is -1.25. The molecule has 3 saturated heterocycles. The normalized spacial score (nSPS) is 34.8. The maximum absolute atomic E-state index is 10.9. The first-order valence-electron chi connectivity index (χ1n) is 11.1. The van der Waals surface area contributed by atoms with Gasteiger partial charge in [0.15, 0.2) is 12.1 Å². The Kier molecular flexibility index (Phi) is 5.86. The van der Waals surface area contributed by atoms with Gasteiger partial charge in [-0.05, 0) is 31.4 Å². The van der Waals surface area contributed by atoms with Crippen LogP contribution in [0.5, 0.6) is 0 Å². The first-order chi connectivity index (χ1) is 15.0. The molecule has 3 aliphatic rings. The number of ether oxygens (including phenoxy) is 4. The van der Waals surface area contributed by atoms with Crippen LogP contribution in [0.4, 0.5) is 0 Å². The third kappa shape index (κ3) is 4.42. The molecular formula is C25H31NO5. The molecule has 2 aromatic carbocycles.